The molecule has 0 bridgehead atoms. The average molecular weight is 278 g/mol. The van der Waals surface area contributed by atoms with Crippen LogP contribution in [0.25, 0.3) is 10.6 Å². The van der Waals surface area contributed by atoms with Crippen LogP contribution in [0.15, 0.2) is 22.0 Å². The number of amides is 1. The van der Waals surface area contributed by atoms with Crippen LogP contribution in [0.5, 0.6) is 0 Å². The SMILES string of the molecule is C[C@H](O)c1onc(-c2cccs2)c1C(=O)N1CCC1. The highest BCUT2D eigenvalue weighted by molar-refractivity contribution is 7.13. The van der Waals surface area contributed by atoms with E-state index in [1.54, 1.807) is 11.8 Å². The minimum absolute atomic E-state index is 0.105. The number of likely N-dealkylation sites (tertiary alicyclic amines) is 1. The molecule has 1 aliphatic heterocycles. The lowest BCUT2D eigenvalue weighted by molar-refractivity contribution is 0.0641. The number of hydrogen-bond acceptors (Lipinski definition) is 5. The van der Waals surface area contributed by atoms with Crippen molar-refractivity contribution in [2.75, 3.05) is 13.1 Å². The van der Waals surface area contributed by atoms with Crippen molar-refractivity contribution >= 4 is 17.2 Å². The fourth-order valence-electron chi connectivity index (χ4n) is 2.05. The number of nitrogens with zero attached hydrogens (tertiary/aromatic N) is 2. The van der Waals surface area contributed by atoms with Crippen LogP contribution in [-0.2, 0) is 0 Å². The van der Waals surface area contributed by atoms with E-state index in [1.807, 2.05) is 17.5 Å². The molecule has 3 heterocycles. The van der Waals surface area contributed by atoms with Crippen LogP contribution in [0.1, 0.15) is 35.6 Å². The second kappa shape index (κ2) is 4.79. The molecule has 0 spiro atoms. The molecule has 1 saturated heterocycles. The smallest absolute Gasteiger partial charge is 0.259 e. The van der Waals surface area contributed by atoms with Gasteiger partial charge in [-0.3, -0.25) is 4.79 Å². The van der Waals surface area contributed by atoms with E-state index in [1.165, 1.54) is 11.3 Å². The Bertz CT molecular complexity index is 585. The van der Waals surface area contributed by atoms with Crippen molar-refractivity contribution in [3.8, 4) is 10.6 Å². The number of carbonyl (C=O) groups is 1. The van der Waals surface area contributed by atoms with Crippen molar-refractivity contribution in [2.24, 2.45) is 0 Å². The maximum Gasteiger partial charge on any atom is 0.259 e. The second-order valence-corrected chi connectivity index (χ2v) is 5.52. The van der Waals surface area contributed by atoms with Crippen molar-refractivity contribution in [3.05, 3.63) is 28.8 Å². The molecule has 1 atom stereocenters. The Hall–Kier alpha value is -1.66. The van der Waals surface area contributed by atoms with Crippen LogP contribution >= 0.6 is 11.3 Å². The summed E-state index contributed by atoms with van der Waals surface area (Å²) in [6, 6.07) is 3.79. The summed E-state index contributed by atoms with van der Waals surface area (Å²) in [7, 11) is 0. The van der Waals surface area contributed by atoms with Gasteiger partial charge in [-0.1, -0.05) is 11.2 Å². The molecule has 0 saturated carbocycles. The van der Waals surface area contributed by atoms with E-state index in [2.05, 4.69) is 5.16 Å². The van der Waals surface area contributed by atoms with Gasteiger partial charge in [0.25, 0.3) is 5.91 Å². The zero-order valence-corrected chi connectivity index (χ0v) is 11.3. The van der Waals surface area contributed by atoms with E-state index in [0.717, 1.165) is 24.4 Å². The standard InChI is InChI=1S/C13H14N2O3S/c1-8(16)12-10(13(17)15-5-3-6-15)11(14-18-12)9-4-2-7-19-9/h2,4,7-8,16H,3,5-6H2,1H3/t8-/m0/s1. The van der Waals surface area contributed by atoms with E-state index in [-0.39, 0.29) is 11.7 Å². The minimum atomic E-state index is -0.846. The number of thiophene rings is 1. The van der Waals surface area contributed by atoms with E-state index in [4.69, 9.17) is 4.52 Å². The van der Waals surface area contributed by atoms with Gasteiger partial charge >= 0.3 is 0 Å². The number of aliphatic hydroxyl groups excluding tert-OH is 1. The zero-order chi connectivity index (χ0) is 13.4. The predicted octanol–water partition coefficient (Wildman–Crippen LogP) is 2.30. The maximum absolute atomic E-state index is 12.4. The van der Waals surface area contributed by atoms with Crippen LogP contribution in [-0.4, -0.2) is 34.2 Å². The summed E-state index contributed by atoms with van der Waals surface area (Å²) >= 11 is 1.50. The van der Waals surface area contributed by atoms with E-state index < -0.39 is 6.10 Å². The van der Waals surface area contributed by atoms with Gasteiger partial charge < -0.3 is 14.5 Å². The van der Waals surface area contributed by atoms with Crippen LogP contribution in [0.3, 0.4) is 0 Å². The normalized spacial score (nSPS) is 16.2. The highest BCUT2D eigenvalue weighted by Crippen LogP contribution is 2.33. The van der Waals surface area contributed by atoms with Crippen LogP contribution in [0, 0.1) is 0 Å². The minimum Gasteiger partial charge on any atom is -0.385 e. The van der Waals surface area contributed by atoms with Crippen LogP contribution < -0.4 is 0 Å². The Morgan fingerprint density at radius 3 is 2.89 bits per heavy atom. The van der Waals surface area contributed by atoms with Crippen LogP contribution in [0.4, 0.5) is 0 Å². The van der Waals surface area contributed by atoms with E-state index in [0.29, 0.717) is 11.3 Å². The molecular formula is C13H14N2O3S. The Labute approximate surface area is 114 Å². The summed E-state index contributed by atoms with van der Waals surface area (Å²) in [6.45, 7) is 3.09. The molecule has 0 unspecified atom stereocenters. The second-order valence-electron chi connectivity index (χ2n) is 4.57. The lowest BCUT2D eigenvalue weighted by Crippen LogP contribution is -2.42. The van der Waals surface area contributed by atoms with Gasteiger partial charge in [-0.15, -0.1) is 11.3 Å². The fourth-order valence-corrected chi connectivity index (χ4v) is 2.77. The lowest BCUT2D eigenvalue weighted by atomic mass is 10.1. The summed E-state index contributed by atoms with van der Waals surface area (Å²) in [6.07, 6.45) is 0.177. The Morgan fingerprint density at radius 2 is 2.37 bits per heavy atom. The molecule has 0 radical (unpaired) electrons. The third-order valence-corrected chi connectivity index (χ3v) is 4.09. The molecule has 5 nitrogen and oxygen atoms in total. The number of aromatic nitrogens is 1. The molecule has 0 aromatic carbocycles. The number of carbonyl (C=O) groups excluding carboxylic acids is 1. The summed E-state index contributed by atoms with van der Waals surface area (Å²) in [5, 5.41) is 15.6. The Balaban J connectivity index is 2.07. The van der Waals surface area contributed by atoms with Crippen LogP contribution in [0.2, 0.25) is 0 Å². The monoisotopic (exact) mass is 278 g/mol. The number of rotatable bonds is 3. The Morgan fingerprint density at radius 1 is 1.58 bits per heavy atom. The first-order chi connectivity index (χ1) is 9.18. The van der Waals surface area contributed by atoms with Gasteiger partial charge in [-0.25, -0.2) is 0 Å². The van der Waals surface area contributed by atoms with Gasteiger partial charge in [-0.05, 0) is 24.8 Å². The number of aliphatic hydroxyl groups is 1. The Kier molecular flexibility index (Phi) is 3.12. The van der Waals surface area contributed by atoms with Crippen molar-refractivity contribution in [2.45, 2.75) is 19.4 Å². The molecule has 6 heteroatoms. The topological polar surface area (TPSA) is 66.6 Å². The highest BCUT2D eigenvalue weighted by atomic mass is 32.1. The largest absolute Gasteiger partial charge is 0.385 e. The quantitative estimate of drug-likeness (QED) is 0.935. The molecular weight excluding hydrogens is 264 g/mol. The molecule has 100 valence electrons. The predicted molar refractivity (Wildman–Crippen MR) is 71.0 cm³/mol. The van der Waals surface area contributed by atoms with Gasteiger partial charge in [0.05, 0.1) is 4.88 Å². The first kappa shape index (κ1) is 12.4. The number of hydrogen-bond donors (Lipinski definition) is 1. The zero-order valence-electron chi connectivity index (χ0n) is 10.5. The molecule has 1 aliphatic rings. The third kappa shape index (κ3) is 2.06. The average Bonchev–Trinajstić information content (AvgIpc) is 2.95. The molecule has 19 heavy (non-hydrogen) atoms. The van der Waals surface area contributed by atoms with Crippen molar-refractivity contribution < 1.29 is 14.4 Å². The third-order valence-electron chi connectivity index (χ3n) is 3.21. The molecule has 2 aromatic rings. The van der Waals surface area contributed by atoms with Gasteiger partial charge in [0.2, 0.25) is 0 Å². The van der Waals surface area contributed by atoms with E-state index in [9.17, 15) is 9.90 Å². The summed E-state index contributed by atoms with van der Waals surface area (Å²) in [4.78, 5) is 15.1. The van der Waals surface area contributed by atoms with Gasteiger partial charge in [0, 0.05) is 13.1 Å². The summed E-state index contributed by atoms with van der Waals surface area (Å²) in [5.74, 6) is 0.145. The molecule has 1 N–H and O–H groups in total. The summed E-state index contributed by atoms with van der Waals surface area (Å²) < 4.78 is 5.18. The van der Waals surface area contributed by atoms with E-state index >= 15 is 0 Å². The highest BCUT2D eigenvalue weighted by Gasteiger charge is 2.32. The van der Waals surface area contributed by atoms with Gasteiger partial charge in [-0.2, -0.15) is 0 Å². The molecule has 0 aliphatic carbocycles. The van der Waals surface area contributed by atoms with Crippen molar-refractivity contribution in [1.29, 1.82) is 0 Å². The van der Waals surface area contributed by atoms with Gasteiger partial charge in [0.1, 0.15) is 17.4 Å². The first-order valence-corrected chi connectivity index (χ1v) is 7.07. The lowest BCUT2D eigenvalue weighted by Gasteiger charge is -2.30. The molecule has 1 fully saturated rings. The summed E-state index contributed by atoms with van der Waals surface area (Å²) in [5.41, 5.74) is 0.931. The molecule has 1 amide bonds. The first-order valence-electron chi connectivity index (χ1n) is 6.19. The van der Waals surface area contributed by atoms with Crippen molar-refractivity contribution in [1.82, 2.24) is 10.1 Å². The fraction of sp³-hybridized carbons (Fsp3) is 0.385. The molecule has 3 rings (SSSR count). The molecule has 2 aromatic heterocycles. The maximum atomic E-state index is 12.4. The van der Waals surface area contributed by atoms with Crippen molar-refractivity contribution in [3.63, 3.8) is 0 Å². The van der Waals surface area contributed by atoms with Gasteiger partial charge in [0.15, 0.2) is 5.76 Å².